The molecule has 0 saturated carbocycles. The molecule has 0 bridgehead atoms. The van der Waals surface area contributed by atoms with Crippen LogP contribution in [0, 0.1) is 0 Å². The Morgan fingerprint density at radius 3 is 2.54 bits per heavy atom. The molecule has 3 nitrogen and oxygen atoms in total. The van der Waals surface area contributed by atoms with Gasteiger partial charge >= 0.3 is 5.97 Å². The fourth-order valence-corrected chi connectivity index (χ4v) is 2.65. The van der Waals surface area contributed by atoms with Crippen molar-refractivity contribution < 1.29 is 9.53 Å². The first kappa shape index (κ1) is 10.7. The van der Waals surface area contributed by atoms with Gasteiger partial charge in [-0.2, -0.15) is 0 Å². The first-order valence-corrected chi connectivity index (χ1v) is 8.27. The molecule has 1 aliphatic rings. The van der Waals surface area contributed by atoms with Crippen LogP contribution in [0.5, 0.6) is 0 Å². The fraction of sp³-hybridized carbons (Fsp3) is 0.889. The van der Waals surface area contributed by atoms with E-state index >= 15 is 0 Å². The van der Waals surface area contributed by atoms with Crippen molar-refractivity contribution >= 4 is 14.2 Å². The number of ether oxygens (including phenoxy) is 1. The third-order valence-electron chi connectivity index (χ3n) is 2.66. The van der Waals surface area contributed by atoms with E-state index in [1.54, 1.807) is 0 Å². The molecule has 0 amide bonds. The summed E-state index contributed by atoms with van der Waals surface area (Å²) in [4.78, 5) is 11.4. The number of carbonyl (C=O) groups is 1. The van der Waals surface area contributed by atoms with Crippen LogP contribution in [0.1, 0.15) is 12.8 Å². The zero-order valence-electron chi connectivity index (χ0n) is 8.96. The Labute approximate surface area is 81.1 Å². The van der Waals surface area contributed by atoms with Gasteiger partial charge in [-0.05, 0) is 19.9 Å². The molecule has 1 atom stereocenters. The molecule has 4 heteroatoms. The number of carbonyl (C=O) groups excluding carboxylic acids is 1. The Balaban J connectivity index is 2.64. The minimum atomic E-state index is -1.36. The summed E-state index contributed by atoms with van der Waals surface area (Å²) in [5, 5.41) is 0. The second-order valence-electron chi connectivity index (χ2n) is 4.61. The van der Waals surface area contributed by atoms with Crippen LogP contribution in [-0.4, -0.2) is 38.5 Å². The van der Waals surface area contributed by atoms with Gasteiger partial charge in [0.15, 0.2) is 0 Å². The van der Waals surface area contributed by atoms with Crippen molar-refractivity contribution in [1.82, 2.24) is 4.57 Å². The van der Waals surface area contributed by atoms with Gasteiger partial charge in [0, 0.05) is 0 Å². The van der Waals surface area contributed by atoms with Crippen LogP contribution in [0.3, 0.4) is 0 Å². The Kier molecular flexibility index (Phi) is 3.13. The van der Waals surface area contributed by atoms with E-state index < -0.39 is 8.24 Å². The lowest BCUT2D eigenvalue weighted by molar-refractivity contribution is -0.152. The Hall–Kier alpha value is -0.353. The molecule has 0 aliphatic carbocycles. The number of likely N-dealkylation sites (N-methyl/N-ethyl adjacent to an activating group) is 1. The monoisotopic (exact) mass is 201 g/mol. The smallest absolute Gasteiger partial charge is 0.322 e. The number of hydrogen-bond acceptors (Lipinski definition) is 3. The van der Waals surface area contributed by atoms with E-state index in [9.17, 15) is 4.79 Å². The lowest BCUT2D eigenvalue weighted by Gasteiger charge is -2.37. The predicted molar refractivity (Wildman–Crippen MR) is 55.1 cm³/mol. The van der Waals surface area contributed by atoms with Crippen LogP contribution < -0.4 is 0 Å². The summed E-state index contributed by atoms with van der Waals surface area (Å²) in [6, 6.07) is 0.0143. The summed E-state index contributed by atoms with van der Waals surface area (Å²) < 4.78 is 7.28. The van der Waals surface area contributed by atoms with Crippen LogP contribution >= 0.6 is 0 Å². The summed E-state index contributed by atoms with van der Waals surface area (Å²) in [6.45, 7) is 7.34. The minimum Gasteiger partial charge on any atom is -0.465 e. The van der Waals surface area contributed by atoms with Gasteiger partial charge in [0.1, 0.15) is 14.3 Å². The van der Waals surface area contributed by atoms with E-state index in [0.29, 0.717) is 6.61 Å². The van der Waals surface area contributed by atoms with Crippen LogP contribution in [0.4, 0.5) is 0 Å². The van der Waals surface area contributed by atoms with Gasteiger partial charge in [-0.15, -0.1) is 0 Å². The zero-order chi connectivity index (χ0) is 10.1. The van der Waals surface area contributed by atoms with Crippen molar-refractivity contribution in [2.45, 2.75) is 38.5 Å². The summed E-state index contributed by atoms with van der Waals surface area (Å²) in [7, 11) is 0.688. The maximum absolute atomic E-state index is 11.4. The average molecular weight is 201 g/mol. The van der Waals surface area contributed by atoms with Gasteiger partial charge in [-0.1, -0.05) is 19.6 Å². The highest BCUT2D eigenvalue weighted by Crippen LogP contribution is 2.19. The highest BCUT2D eigenvalue weighted by atomic mass is 28.3. The third-order valence-corrected chi connectivity index (χ3v) is 5.09. The third kappa shape index (κ3) is 2.54. The molecule has 13 heavy (non-hydrogen) atoms. The van der Waals surface area contributed by atoms with E-state index in [4.69, 9.17) is 4.74 Å². The van der Waals surface area contributed by atoms with Crippen molar-refractivity contribution in [3.63, 3.8) is 0 Å². The number of esters is 1. The molecule has 0 N–H and O–H groups in total. The number of nitrogens with zero attached hydrogens (tertiary/aromatic N) is 1. The molecule has 0 aromatic carbocycles. The first-order chi connectivity index (χ1) is 5.93. The van der Waals surface area contributed by atoms with Gasteiger partial charge in [-0.3, -0.25) is 4.79 Å². The van der Waals surface area contributed by atoms with Gasteiger partial charge in [0.25, 0.3) is 0 Å². The van der Waals surface area contributed by atoms with Crippen molar-refractivity contribution in [2.75, 3.05) is 13.7 Å². The van der Waals surface area contributed by atoms with E-state index in [2.05, 4.69) is 24.2 Å². The fourth-order valence-electron chi connectivity index (χ4n) is 1.48. The molecule has 1 saturated heterocycles. The van der Waals surface area contributed by atoms with E-state index in [-0.39, 0.29) is 12.0 Å². The molecule has 1 unspecified atom stereocenters. The zero-order valence-corrected chi connectivity index (χ0v) is 9.96. The Bertz CT molecular complexity index is 200. The highest BCUT2D eigenvalue weighted by Gasteiger charge is 2.34. The minimum absolute atomic E-state index is 0.0143. The maximum Gasteiger partial charge on any atom is 0.322 e. The second-order valence-corrected chi connectivity index (χ2v) is 9.65. The van der Waals surface area contributed by atoms with E-state index in [1.807, 2.05) is 7.05 Å². The second kappa shape index (κ2) is 3.80. The Morgan fingerprint density at radius 1 is 1.46 bits per heavy atom. The maximum atomic E-state index is 11.4. The SMILES string of the molecule is CN(C1CCCOC1=O)[Si](C)(C)C. The van der Waals surface area contributed by atoms with Crippen LogP contribution in [0.25, 0.3) is 0 Å². The molecule has 0 radical (unpaired) electrons. The molecular formula is C9H19NO2Si. The normalized spacial score (nSPS) is 24.7. The summed E-state index contributed by atoms with van der Waals surface area (Å²) >= 11 is 0. The predicted octanol–water partition coefficient (Wildman–Crippen LogP) is 1.46. The largest absolute Gasteiger partial charge is 0.465 e. The standard InChI is InChI=1S/C9H19NO2Si/c1-10(13(2,3)4)8-6-5-7-12-9(8)11/h8H,5-7H2,1-4H3. The van der Waals surface area contributed by atoms with Crippen LogP contribution in [0.2, 0.25) is 19.6 Å². The van der Waals surface area contributed by atoms with Crippen molar-refractivity contribution in [2.24, 2.45) is 0 Å². The molecule has 1 aliphatic heterocycles. The van der Waals surface area contributed by atoms with Crippen molar-refractivity contribution in [3.8, 4) is 0 Å². The number of hydrogen-bond donors (Lipinski definition) is 0. The molecule has 1 rings (SSSR count). The molecule has 1 fully saturated rings. The quantitative estimate of drug-likeness (QED) is 0.500. The summed E-state index contributed by atoms with van der Waals surface area (Å²) in [6.07, 6.45) is 1.96. The molecule has 76 valence electrons. The molecule has 1 heterocycles. The highest BCUT2D eigenvalue weighted by molar-refractivity contribution is 6.73. The van der Waals surface area contributed by atoms with E-state index in [0.717, 1.165) is 12.8 Å². The number of rotatable bonds is 2. The summed E-state index contributed by atoms with van der Waals surface area (Å²) in [5.74, 6) is -0.0313. The summed E-state index contributed by atoms with van der Waals surface area (Å²) in [5.41, 5.74) is 0. The first-order valence-electron chi connectivity index (χ1n) is 4.82. The van der Waals surface area contributed by atoms with Gasteiger partial charge in [0.05, 0.1) is 6.61 Å². The van der Waals surface area contributed by atoms with Gasteiger partial charge in [0.2, 0.25) is 0 Å². The van der Waals surface area contributed by atoms with Gasteiger partial charge in [-0.25, -0.2) is 0 Å². The molecule has 0 spiro atoms. The van der Waals surface area contributed by atoms with Gasteiger partial charge < -0.3 is 9.30 Å². The van der Waals surface area contributed by atoms with E-state index in [1.165, 1.54) is 0 Å². The molecular weight excluding hydrogens is 182 g/mol. The molecule has 0 aromatic rings. The van der Waals surface area contributed by atoms with Crippen molar-refractivity contribution in [3.05, 3.63) is 0 Å². The number of cyclic esters (lactones) is 1. The van der Waals surface area contributed by atoms with Crippen LogP contribution in [-0.2, 0) is 9.53 Å². The van der Waals surface area contributed by atoms with Crippen molar-refractivity contribution in [1.29, 1.82) is 0 Å². The Morgan fingerprint density at radius 2 is 2.08 bits per heavy atom. The van der Waals surface area contributed by atoms with Crippen LogP contribution in [0.15, 0.2) is 0 Å². The lowest BCUT2D eigenvalue weighted by atomic mass is 10.1. The lowest BCUT2D eigenvalue weighted by Crippen LogP contribution is -2.54. The topological polar surface area (TPSA) is 29.5 Å². The average Bonchev–Trinajstić information content (AvgIpc) is 2.02. The molecule has 0 aromatic heterocycles.